The molecule has 0 saturated heterocycles. The van der Waals surface area contributed by atoms with Gasteiger partial charge in [-0.25, -0.2) is 4.79 Å². The van der Waals surface area contributed by atoms with Crippen molar-refractivity contribution in [2.75, 3.05) is 11.9 Å². The molecule has 0 aromatic heterocycles. The number of rotatable bonds is 6. The Morgan fingerprint density at radius 3 is 2.76 bits per heavy atom. The van der Waals surface area contributed by atoms with Crippen molar-refractivity contribution in [2.24, 2.45) is 5.92 Å². The van der Waals surface area contributed by atoms with Crippen LogP contribution in [0.1, 0.15) is 38.2 Å². The van der Waals surface area contributed by atoms with E-state index in [1.165, 1.54) is 0 Å². The number of benzene rings is 1. The van der Waals surface area contributed by atoms with Crippen molar-refractivity contribution in [3.63, 3.8) is 0 Å². The van der Waals surface area contributed by atoms with E-state index < -0.39 is 12.0 Å². The van der Waals surface area contributed by atoms with Gasteiger partial charge in [0.2, 0.25) is 5.91 Å². The van der Waals surface area contributed by atoms with Gasteiger partial charge in [-0.15, -0.1) is 0 Å². The molecule has 1 aromatic rings. The highest BCUT2D eigenvalue weighted by Crippen LogP contribution is 2.33. The monoisotopic (exact) mass is 290 g/mol. The van der Waals surface area contributed by atoms with Crippen LogP contribution in [-0.4, -0.2) is 29.6 Å². The van der Waals surface area contributed by atoms with Crippen molar-refractivity contribution in [1.29, 1.82) is 0 Å². The Hall–Kier alpha value is -2.04. The summed E-state index contributed by atoms with van der Waals surface area (Å²) < 4.78 is 0. The van der Waals surface area contributed by atoms with E-state index in [0.29, 0.717) is 19.4 Å². The predicted molar refractivity (Wildman–Crippen MR) is 81.3 cm³/mol. The van der Waals surface area contributed by atoms with Crippen LogP contribution in [0.15, 0.2) is 24.3 Å². The summed E-state index contributed by atoms with van der Waals surface area (Å²) in [7, 11) is 0. The summed E-state index contributed by atoms with van der Waals surface area (Å²) in [6.45, 7) is 4.60. The molecule has 1 amide bonds. The van der Waals surface area contributed by atoms with Crippen LogP contribution in [0.5, 0.6) is 0 Å². The lowest BCUT2D eigenvalue weighted by molar-refractivity contribution is -0.142. The Bertz CT molecular complexity index is 528. The first kappa shape index (κ1) is 15.4. The molecule has 0 aliphatic carbocycles. The van der Waals surface area contributed by atoms with E-state index in [9.17, 15) is 9.59 Å². The number of carbonyl (C=O) groups excluding carboxylic acids is 1. The van der Waals surface area contributed by atoms with Crippen LogP contribution in [0.2, 0.25) is 0 Å². The third-order valence-corrected chi connectivity index (χ3v) is 3.71. The second-order valence-electron chi connectivity index (χ2n) is 5.96. The van der Waals surface area contributed by atoms with Gasteiger partial charge < -0.3 is 15.7 Å². The average molecular weight is 290 g/mol. The topological polar surface area (TPSA) is 78.4 Å². The number of hydrogen-bond acceptors (Lipinski definition) is 3. The fourth-order valence-electron chi connectivity index (χ4n) is 2.71. The summed E-state index contributed by atoms with van der Waals surface area (Å²) in [6.07, 6.45) is 0.756. The molecular formula is C16H22N2O3. The zero-order chi connectivity index (χ0) is 15.4. The van der Waals surface area contributed by atoms with Crippen molar-refractivity contribution < 1.29 is 14.7 Å². The number of carbonyl (C=O) groups is 2. The highest BCUT2D eigenvalue weighted by Gasteiger charge is 2.26. The molecule has 0 spiro atoms. The summed E-state index contributed by atoms with van der Waals surface area (Å²) in [5, 5.41) is 15.1. The van der Waals surface area contributed by atoms with Gasteiger partial charge in [0.05, 0.1) is 0 Å². The third-order valence-electron chi connectivity index (χ3n) is 3.71. The summed E-state index contributed by atoms with van der Waals surface area (Å²) in [6, 6.07) is 7.11. The first-order chi connectivity index (χ1) is 9.97. The number of nitrogens with one attached hydrogen (secondary N) is 2. The summed E-state index contributed by atoms with van der Waals surface area (Å²) >= 11 is 0. The second-order valence-corrected chi connectivity index (χ2v) is 5.96. The summed E-state index contributed by atoms with van der Waals surface area (Å²) in [5.74, 6) is -0.844. The smallest absolute Gasteiger partial charge is 0.326 e. The summed E-state index contributed by atoms with van der Waals surface area (Å²) in [5.41, 5.74) is 2.19. The highest BCUT2D eigenvalue weighted by molar-refractivity contribution is 5.84. The van der Waals surface area contributed by atoms with Crippen LogP contribution < -0.4 is 10.6 Å². The maximum absolute atomic E-state index is 12.1. The van der Waals surface area contributed by atoms with E-state index in [-0.39, 0.29) is 17.7 Å². The van der Waals surface area contributed by atoms with Crippen LogP contribution in [0.25, 0.3) is 0 Å². The molecule has 1 aliphatic heterocycles. The first-order valence-corrected chi connectivity index (χ1v) is 7.32. The number of carboxylic acids is 1. The average Bonchev–Trinajstić information content (AvgIpc) is 2.81. The number of anilines is 1. The number of hydrogen-bond donors (Lipinski definition) is 3. The quantitative estimate of drug-likeness (QED) is 0.750. The molecule has 0 saturated carbocycles. The number of aliphatic carboxylic acids is 1. The van der Waals surface area contributed by atoms with Crippen molar-refractivity contribution in [2.45, 2.75) is 38.6 Å². The zero-order valence-corrected chi connectivity index (χ0v) is 12.4. The van der Waals surface area contributed by atoms with Crippen LogP contribution in [0.4, 0.5) is 5.69 Å². The minimum absolute atomic E-state index is 0.106. The molecule has 1 aliphatic rings. The van der Waals surface area contributed by atoms with Gasteiger partial charge in [-0.2, -0.15) is 0 Å². The molecule has 3 N–H and O–H groups in total. The van der Waals surface area contributed by atoms with E-state index in [0.717, 1.165) is 11.3 Å². The minimum atomic E-state index is -0.970. The highest BCUT2D eigenvalue weighted by atomic mass is 16.4. The van der Waals surface area contributed by atoms with Gasteiger partial charge in [-0.1, -0.05) is 32.0 Å². The van der Waals surface area contributed by atoms with Gasteiger partial charge in [0.15, 0.2) is 0 Å². The fourth-order valence-corrected chi connectivity index (χ4v) is 2.71. The van der Waals surface area contributed by atoms with Gasteiger partial charge in [0, 0.05) is 24.6 Å². The number of fused-ring (bicyclic) bond motifs is 1. The van der Waals surface area contributed by atoms with E-state index in [1.54, 1.807) is 0 Å². The van der Waals surface area contributed by atoms with Gasteiger partial charge in [0.1, 0.15) is 6.04 Å². The maximum Gasteiger partial charge on any atom is 0.326 e. The molecule has 2 rings (SSSR count). The van der Waals surface area contributed by atoms with Crippen LogP contribution in [-0.2, 0) is 9.59 Å². The Balaban J connectivity index is 1.94. The molecule has 0 fully saturated rings. The second kappa shape index (κ2) is 6.61. The lowest BCUT2D eigenvalue weighted by Crippen LogP contribution is -2.42. The van der Waals surface area contributed by atoms with E-state index in [2.05, 4.69) is 10.6 Å². The van der Waals surface area contributed by atoms with Crippen LogP contribution in [0.3, 0.4) is 0 Å². The molecule has 0 bridgehead atoms. The largest absolute Gasteiger partial charge is 0.480 e. The molecule has 5 heteroatoms. The van der Waals surface area contributed by atoms with Crippen molar-refractivity contribution in [3.8, 4) is 0 Å². The van der Waals surface area contributed by atoms with Crippen molar-refractivity contribution >= 4 is 17.6 Å². The fraction of sp³-hybridized carbons (Fsp3) is 0.500. The Morgan fingerprint density at radius 2 is 2.10 bits per heavy atom. The number of amides is 1. The standard InChI is InChI=1S/C16H22N2O3/c1-10(2)7-14(16(20)21)18-15(19)8-11-9-17-13-6-4-3-5-12(11)13/h3-6,10-11,14,17H,7-9H2,1-2H3,(H,18,19)(H,20,21)/t11?,14-/m0/s1. The Kier molecular flexibility index (Phi) is 4.83. The van der Waals surface area contributed by atoms with Crippen LogP contribution >= 0.6 is 0 Å². The number of para-hydroxylation sites is 1. The SMILES string of the molecule is CC(C)C[C@H](NC(=O)CC1CNc2ccccc21)C(=O)O. The summed E-state index contributed by atoms with van der Waals surface area (Å²) in [4.78, 5) is 23.3. The normalized spacial score (nSPS) is 18.0. The molecule has 5 nitrogen and oxygen atoms in total. The molecule has 2 atom stereocenters. The van der Waals surface area contributed by atoms with E-state index >= 15 is 0 Å². The lowest BCUT2D eigenvalue weighted by atomic mass is 9.97. The van der Waals surface area contributed by atoms with Crippen LogP contribution in [0, 0.1) is 5.92 Å². The molecule has 1 unspecified atom stereocenters. The minimum Gasteiger partial charge on any atom is -0.480 e. The molecular weight excluding hydrogens is 268 g/mol. The molecule has 1 aromatic carbocycles. The molecule has 114 valence electrons. The van der Waals surface area contributed by atoms with E-state index in [1.807, 2.05) is 38.1 Å². The van der Waals surface area contributed by atoms with Gasteiger partial charge in [0.25, 0.3) is 0 Å². The zero-order valence-electron chi connectivity index (χ0n) is 12.4. The predicted octanol–water partition coefficient (Wildman–Crippen LogP) is 2.20. The number of carboxylic acid groups (broad SMARTS) is 1. The van der Waals surface area contributed by atoms with Crippen molar-refractivity contribution in [3.05, 3.63) is 29.8 Å². The lowest BCUT2D eigenvalue weighted by Gasteiger charge is -2.18. The molecule has 0 radical (unpaired) electrons. The van der Waals surface area contributed by atoms with E-state index in [4.69, 9.17) is 5.11 Å². The Labute approximate surface area is 124 Å². The molecule has 1 heterocycles. The van der Waals surface area contributed by atoms with Gasteiger partial charge in [-0.3, -0.25) is 4.79 Å². The van der Waals surface area contributed by atoms with Gasteiger partial charge >= 0.3 is 5.97 Å². The van der Waals surface area contributed by atoms with Gasteiger partial charge in [-0.05, 0) is 24.0 Å². The third kappa shape index (κ3) is 3.97. The first-order valence-electron chi connectivity index (χ1n) is 7.32. The van der Waals surface area contributed by atoms with Crippen molar-refractivity contribution in [1.82, 2.24) is 5.32 Å². The molecule has 21 heavy (non-hydrogen) atoms. The Morgan fingerprint density at radius 1 is 1.38 bits per heavy atom. The maximum atomic E-state index is 12.1.